The van der Waals surface area contributed by atoms with E-state index in [2.05, 4.69) is 20.8 Å². The molecule has 0 radical (unpaired) electrons. The molecule has 0 bridgehead atoms. The summed E-state index contributed by atoms with van der Waals surface area (Å²) in [4.78, 5) is 25.2. The van der Waals surface area contributed by atoms with Crippen molar-refractivity contribution >= 4 is 29.0 Å². The first-order valence-corrected chi connectivity index (χ1v) is 8.16. The molecule has 3 rings (SSSR count). The van der Waals surface area contributed by atoms with E-state index in [-0.39, 0.29) is 11.8 Å². The van der Waals surface area contributed by atoms with Crippen LogP contribution in [-0.2, 0) is 4.79 Å². The minimum absolute atomic E-state index is 0.354. The Bertz CT molecular complexity index is 850. The standard InChI is InChI=1S/C16H16N4O3S/c1-9-4-6-24-14(9)12-7-13(20-19-12)18-15(21)10(2)17-16(22)11-3-5-23-8-11/h3-8,10H,1-2H3,(H,17,22)(H2,18,19,20,21)/t10-/m0/s1. The zero-order chi connectivity index (χ0) is 17.1. The number of carbonyl (C=O) groups excluding carboxylic acids is 2. The number of carbonyl (C=O) groups is 2. The summed E-state index contributed by atoms with van der Waals surface area (Å²) in [5.74, 6) is -0.316. The van der Waals surface area contributed by atoms with Crippen molar-refractivity contribution in [2.45, 2.75) is 19.9 Å². The Kier molecular flexibility index (Phi) is 4.48. The molecule has 1 atom stereocenters. The molecule has 3 N–H and O–H groups in total. The predicted molar refractivity (Wildman–Crippen MR) is 90.9 cm³/mol. The summed E-state index contributed by atoms with van der Waals surface area (Å²) >= 11 is 1.60. The van der Waals surface area contributed by atoms with E-state index in [1.165, 1.54) is 18.6 Å². The zero-order valence-corrected chi connectivity index (χ0v) is 13.9. The summed E-state index contributed by atoms with van der Waals surface area (Å²) in [6.07, 6.45) is 2.72. The van der Waals surface area contributed by atoms with Crippen molar-refractivity contribution in [3.63, 3.8) is 0 Å². The Morgan fingerprint density at radius 3 is 2.88 bits per heavy atom. The number of aromatic nitrogens is 2. The van der Waals surface area contributed by atoms with Crippen LogP contribution >= 0.6 is 11.3 Å². The molecule has 7 nitrogen and oxygen atoms in total. The van der Waals surface area contributed by atoms with Crippen molar-refractivity contribution in [2.24, 2.45) is 0 Å². The lowest BCUT2D eigenvalue weighted by molar-refractivity contribution is -0.117. The van der Waals surface area contributed by atoms with Crippen molar-refractivity contribution in [1.29, 1.82) is 0 Å². The fraction of sp³-hybridized carbons (Fsp3) is 0.188. The van der Waals surface area contributed by atoms with E-state index in [1.807, 2.05) is 18.4 Å². The van der Waals surface area contributed by atoms with Gasteiger partial charge < -0.3 is 15.1 Å². The second-order valence-corrected chi connectivity index (χ2v) is 6.21. The minimum Gasteiger partial charge on any atom is -0.472 e. The third kappa shape index (κ3) is 3.38. The van der Waals surface area contributed by atoms with Gasteiger partial charge in [-0.25, -0.2) is 0 Å². The number of hydrogen-bond acceptors (Lipinski definition) is 5. The van der Waals surface area contributed by atoms with E-state index in [0.29, 0.717) is 11.4 Å². The van der Waals surface area contributed by atoms with Gasteiger partial charge in [-0.2, -0.15) is 5.10 Å². The number of aryl methyl sites for hydroxylation is 1. The molecule has 24 heavy (non-hydrogen) atoms. The maximum Gasteiger partial charge on any atom is 0.255 e. The van der Waals surface area contributed by atoms with E-state index < -0.39 is 6.04 Å². The monoisotopic (exact) mass is 344 g/mol. The lowest BCUT2D eigenvalue weighted by Crippen LogP contribution is -2.41. The second-order valence-electron chi connectivity index (χ2n) is 5.30. The number of furan rings is 1. The lowest BCUT2D eigenvalue weighted by atomic mass is 10.2. The molecule has 0 fully saturated rings. The van der Waals surface area contributed by atoms with E-state index in [9.17, 15) is 9.59 Å². The van der Waals surface area contributed by atoms with Gasteiger partial charge in [0.05, 0.1) is 22.4 Å². The third-order valence-electron chi connectivity index (χ3n) is 3.46. The molecule has 0 aliphatic carbocycles. The molecule has 3 aromatic heterocycles. The molecule has 2 amide bonds. The number of rotatable bonds is 5. The van der Waals surface area contributed by atoms with Gasteiger partial charge in [0.2, 0.25) is 5.91 Å². The highest BCUT2D eigenvalue weighted by atomic mass is 32.1. The minimum atomic E-state index is -0.712. The number of nitrogens with one attached hydrogen (secondary N) is 3. The van der Waals surface area contributed by atoms with Gasteiger partial charge >= 0.3 is 0 Å². The van der Waals surface area contributed by atoms with Crippen LogP contribution in [-0.4, -0.2) is 28.1 Å². The summed E-state index contributed by atoms with van der Waals surface area (Å²) < 4.78 is 4.85. The maximum absolute atomic E-state index is 12.2. The number of aromatic amines is 1. The molecule has 124 valence electrons. The normalized spacial score (nSPS) is 11.9. The van der Waals surface area contributed by atoms with Gasteiger partial charge in [0.25, 0.3) is 5.91 Å². The average molecular weight is 344 g/mol. The number of H-pyrrole nitrogens is 1. The predicted octanol–water partition coefficient (Wildman–Crippen LogP) is 2.80. The number of nitrogens with zero attached hydrogens (tertiary/aromatic N) is 1. The Morgan fingerprint density at radius 1 is 1.38 bits per heavy atom. The highest BCUT2D eigenvalue weighted by molar-refractivity contribution is 7.13. The molecule has 8 heteroatoms. The highest BCUT2D eigenvalue weighted by Crippen LogP contribution is 2.28. The molecule has 0 aliphatic heterocycles. The molecule has 0 spiro atoms. The van der Waals surface area contributed by atoms with E-state index in [4.69, 9.17) is 4.42 Å². The number of thiophene rings is 1. The van der Waals surface area contributed by atoms with Crippen LogP contribution in [0.1, 0.15) is 22.8 Å². The molecule has 0 unspecified atom stereocenters. The Hall–Kier alpha value is -2.87. The van der Waals surface area contributed by atoms with Crippen LogP contribution in [0.15, 0.2) is 40.5 Å². The summed E-state index contributed by atoms with van der Waals surface area (Å²) in [6.45, 7) is 3.61. The van der Waals surface area contributed by atoms with Crippen LogP contribution in [0.25, 0.3) is 10.6 Å². The van der Waals surface area contributed by atoms with Gasteiger partial charge in [-0.1, -0.05) is 0 Å². The summed E-state index contributed by atoms with van der Waals surface area (Å²) in [6, 6.07) is 4.60. The first-order chi connectivity index (χ1) is 11.5. The largest absolute Gasteiger partial charge is 0.472 e. The molecule has 3 heterocycles. The molecule has 0 saturated carbocycles. The molecule has 3 aromatic rings. The second kappa shape index (κ2) is 6.71. The van der Waals surface area contributed by atoms with Gasteiger partial charge in [-0.15, -0.1) is 11.3 Å². The summed E-state index contributed by atoms with van der Waals surface area (Å²) in [5, 5.41) is 14.3. The van der Waals surface area contributed by atoms with Crippen LogP contribution < -0.4 is 10.6 Å². The third-order valence-corrected chi connectivity index (χ3v) is 4.51. The van der Waals surface area contributed by atoms with Gasteiger partial charge in [0.15, 0.2) is 5.82 Å². The lowest BCUT2D eigenvalue weighted by Gasteiger charge is -2.12. The highest BCUT2D eigenvalue weighted by Gasteiger charge is 2.18. The van der Waals surface area contributed by atoms with E-state index in [1.54, 1.807) is 24.3 Å². The Labute approximate surface area is 142 Å². The zero-order valence-electron chi connectivity index (χ0n) is 13.1. The molecule has 0 aromatic carbocycles. The quantitative estimate of drug-likeness (QED) is 0.662. The molecule has 0 aliphatic rings. The van der Waals surface area contributed by atoms with Gasteiger partial charge in [0.1, 0.15) is 12.3 Å². The topological polar surface area (TPSA) is 100 Å². The van der Waals surface area contributed by atoms with Crippen LogP contribution in [0.3, 0.4) is 0 Å². The van der Waals surface area contributed by atoms with E-state index in [0.717, 1.165) is 16.1 Å². The van der Waals surface area contributed by atoms with Crippen molar-refractivity contribution in [3.05, 3.63) is 47.2 Å². The maximum atomic E-state index is 12.2. The van der Waals surface area contributed by atoms with Crippen LogP contribution in [0.2, 0.25) is 0 Å². The number of hydrogen-bond donors (Lipinski definition) is 3. The molecule has 0 saturated heterocycles. The van der Waals surface area contributed by atoms with Gasteiger partial charge in [-0.3, -0.25) is 14.7 Å². The Balaban J connectivity index is 1.61. The van der Waals surface area contributed by atoms with Crippen LogP contribution in [0, 0.1) is 6.92 Å². The summed E-state index contributed by atoms with van der Waals surface area (Å²) in [5.41, 5.74) is 2.35. The number of anilines is 1. The van der Waals surface area contributed by atoms with Gasteiger partial charge in [-0.05, 0) is 36.9 Å². The molecular weight excluding hydrogens is 328 g/mol. The summed E-state index contributed by atoms with van der Waals surface area (Å²) in [7, 11) is 0. The van der Waals surface area contributed by atoms with Crippen LogP contribution in [0.5, 0.6) is 0 Å². The molecular formula is C16H16N4O3S. The first kappa shape index (κ1) is 16.0. The van der Waals surface area contributed by atoms with Crippen LogP contribution in [0.4, 0.5) is 5.82 Å². The van der Waals surface area contributed by atoms with Crippen molar-refractivity contribution in [3.8, 4) is 10.6 Å². The van der Waals surface area contributed by atoms with E-state index >= 15 is 0 Å². The SMILES string of the molecule is Cc1ccsc1-c1cc(NC(=O)[C@H](C)NC(=O)c2ccoc2)n[nH]1. The Morgan fingerprint density at radius 2 is 2.21 bits per heavy atom. The van der Waals surface area contributed by atoms with Crippen molar-refractivity contribution in [2.75, 3.05) is 5.32 Å². The first-order valence-electron chi connectivity index (χ1n) is 7.28. The van der Waals surface area contributed by atoms with Gasteiger partial charge in [0, 0.05) is 6.07 Å². The van der Waals surface area contributed by atoms with Crippen molar-refractivity contribution in [1.82, 2.24) is 15.5 Å². The fourth-order valence-corrected chi connectivity index (χ4v) is 3.02. The fourth-order valence-electron chi connectivity index (χ4n) is 2.12. The smallest absolute Gasteiger partial charge is 0.255 e. The average Bonchev–Trinajstić information content (AvgIpc) is 3.27. The van der Waals surface area contributed by atoms with Crippen molar-refractivity contribution < 1.29 is 14.0 Å². The number of amides is 2.